The van der Waals surface area contributed by atoms with E-state index in [-0.39, 0.29) is 18.7 Å². The molecule has 1 aliphatic rings. The smallest absolute Gasteiger partial charge is 0.395 e. The van der Waals surface area contributed by atoms with E-state index in [9.17, 15) is 18.0 Å². The molecule has 1 unspecified atom stereocenters. The lowest BCUT2D eigenvalue weighted by atomic mass is 9.97. The number of nitrogens with zero attached hydrogens (tertiary/aromatic N) is 3. The molecule has 3 N–H and O–H groups in total. The number of nitrogens with one attached hydrogen (secondary N) is 2. The highest BCUT2D eigenvalue weighted by molar-refractivity contribution is 6.01. The van der Waals surface area contributed by atoms with Crippen molar-refractivity contribution < 1.29 is 27.8 Å². The van der Waals surface area contributed by atoms with E-state index in [4.69, 9.17) is 14.8 Å². The second-order valence-electron chi connectivity index (χ2n) is 8.58. The number of carbonyl (C=O) groups is 1. The molecule has 3 aromatic rings. The fraction of sp³-hybridized carbons (Fsp3) is 0.400. The van der Waals surface area contributed by atoms with Crippen LogP contribution < -0.4 is 15.5 Å². The van der Waals surface area contributed by atoms with Gasteiger partial charge < -0.3 is 25.4 Å². The lowest BCUT2D eigenvalue weighted by Crippen LogP contribution is -2.36. The zero-order chi connectivity index (χ0) is 25.9. The number of anilines is 2. The Bertz CT molecular complexity index is 1250. The first-order valence-corrected chi connectivity index (χ1v) is 11.6. The number of morpholine rings is 1. The number of halogens is 3. The number of hydrogen-bond donors (Lipinski definition) is 3. The minimum absolute atomic E-state index is 0.0844. The standard InChI is InChI=1S/C25H28F3N5O3/c1-15-18(4-3-5-19(15)25(26,27)28)16(2)31-21-13-17(24(35)29-6-9-34)12-20-23(21)32-22(14-30-20)33-7-10-36-11-8-33/h3-5,12-14,16,31,34H,6-11H2,1-2H3,(H,29,35). The van der Waals surface area contributed by atoms with Gasteiger partial charge in [0.2, 0.25) is 0 Å². The fourth-order valence-electron chi connectivity index (χ4n) is 4.30. The van der Waals surface area contributed by atoms with Gasteiger partial charge in [-0.2, -0.15) is 13.2 Å². The minimum atomic E-state index is -4.46. The molecular weight excluding hydrogens is 475 g/mol. The summed E-state index contributed by atoms with van der Waals surface area (Å²) >= 11 is 0. The Balaban J connectivity index is 1.75. The summed E-state index contributed by atoms with van der Waals surface area (Å²) in [5, 5.41) is 14.9. The second kappa shape index (κ2) is 10.7. The Morgan fingerprint density at radius 1 is 1.25 bits per heavy atom. The van der Waals surface area contributed by atoms with Gasteiger partial charge in [-0.15, -0.1) is 0 Å². The number of ether oxygens (including phenoxy) is 1. The van der Waals surface area contributed by atoms with Crippen molar-refractivity contribution >= 4 is 28.4 Å². The molecule has 1 fully saturated rings. The number of hydrogen-bond acceptors (Lipinski definition) is 7. The van der Waals surface area contributed by atoms with Crippen LogP contribution in [0, 0.1) is 6.92 Å². The molecule has 1 amide bonds. The van der Waals surface area contributed by atoms with Crippen molar-refractivity contribution in [1.29, 1.82) is 0 Å². The number of fused-ring (bicyclic) bond motifs is 1. The Morgan fingerprint density at radius 3 is 2.69 bits per heavy atom. The van der Waals surface area contributed by atoms with Gasteiger partial charge in [-0.3, -0.25) is 9.78 Å². The van der Waals surface area contributed by atoms with Crippen LogP contribution in [0.4, 0.5) is 24.7 Å². The third-order valence-corrected chi connectivity index (χ3v) is 6.15. The lowest BCUT2D eigenvalue weighted by molar-refractivity contribution is -0.138. The van der Waals surface area contributed by atoms with E-state index in [0.29, 0.717) is 60.0 Å². The van der Waals surface area contributed by atoms with Gasteiger partial charge in [-0.1, -0.05) is 12.1 Å². The first kappa shape index (κ1) is 25.6. The van der Waals surface area contributed by atoms with Crippen LogP contribution in [-0.2, 0) is 10.9 Å². The molecule has 8 nitrogen and oxygen atoms in total. The monoisotopic (exact) mass is 503 g/mol. The van der Waals surface area contributed by atoms with Crippen LogP contribution in [-0.4, -0.2) is 60.4 Å². The topological polar surface area (TPSA) is 99.6 Å². The van der Waals surface area contributed by atoms with E-state index in [2.05, 4.69) is 15.6 Å². The number of aliphatic hydroxyl groups is 1. The molecule has 0 aliphatic carbocycles. The summed E-state index contributed by atoms with van der Waals surface area (Å²) in [5.41, 5.74) is 1.63. The minimum Gasteiger partial charge on any atom is -0.395 e. The van der Waals surface area contributed by atoms with Gasteiger partial charge in [0.05, 0.1) is 42.8 Å². The average Bonchev–Trinajstić information content (AvgIpc) is 2.86. The normalized spacial score (nSPS) is 15.1. The van der Waals surface area contributed by atoms with Gasteiger partial charge in [0.25, 0.3) is 5.91 Å². The summed E-state index contributed by atoms with van der Waals surface area (Å²) in [6.07, 6.45) is -2.83. The molecule has 36 heavy (non-hydrogen) atoms. The second-order valence-corrected chi connectivity index (χ2v) is 8.58. The lowest BCUT2D eigenvalue weighted by Gasteiger charge is -2.28. The molecule has 0 saturated carbocycles. The van der Waals surface area contributed by atoms with Crippen molar-refractivity contribution in [3.05, 3.63) is 58.8 Å². The number of amides is 1. The van der Waals surface area contributed by atoms with Crippen molar-refractivity contribution in [2.45, 2.75) is 26.1 Å². The zero-order valence-electron chi connectivity index (χ0n) is 20.0. The fourth-order valence-corrected chi connectivity index (χ4v) is 4.30. The zero-order valence-corrected chi connectivity index (χ0v) is 20.0. The maximum absolute atomic E-state index is 13.5. The number of alkyl halides is 3. The maximum Gasteiger partial charge on any atom is 0.416 e. The third kappa shape index (κ3) is 5.52. The summed E-state index contributed by atoms with van der Waals surface area (Å²) in [6.45, 7) is 5.53. The van der Waals surface area contributed by atoms with Crippen molar-refractivity contribution in [3.63, 3.8) is 0 Å². The van der Waals surface area contributed by atoms with Crippen LogP contribution in [0.3, 0.4) is 0 Å². The Labute approximate surface area is 206 Å². The third-order valence-electron chi connectivity index (χ3n) is 6.15. The predicted molar refractivity (Wildman–Crippen MR) is 130 cm³/mol. The van der Waals surface area contributed by atoms with Crippen LogP contribution in [0.5, 0.6) is 0 Å². The van der Waals surface area contributed by atoms with E-state index in [1.165, 1.54) is 13.0 Å². The highest BCUT2D eigenvalue weighted by atomic mass is 19.4. The van der Waals surface area contributed by atoms with Gasteiger partial charge in [-0.25, -0.2) is 4.98 Å². The molecule has 1 saturated heterocycles. The van der Waals surface area contributed by atoms with Crippen molar-refractivity contribution in [2.75, 3.05) is 49.7 Å². The van der Waals surface area contributed by atoms with Crippen LogP contribution in [0.25, 0.3) is 11.0 Å². The van der Waals surface area contributed by atoms with E-state index in [1.807, 2.05) is 4.90 Å². The van der Waals surface area contributed by atoms with Gasteiger partial charge in [0.15, 0.2) is 0 Å². The average molecular weight is 504 g/mol. The van der Waals surface area contributed by atoms with E-state index < -0.39 is 23.7 Å². The molecule has 4 rings (SSSR count). The molecule has 2 heterocycles. The highest BCUT2D eigenvalue weighted by Gasteiger charge is 2.33. The van der Waals surface area contributed by atoms with Gasteiger partial charge >= 0.3 is 6.18 Å². The molecule has 192 valence electrons. The molecule has 0 bridgehead atoms. The molecule has 0 spiro atoms. The Kier molecular flexibility index (Phi) is 7.60. The SMILES string of the molecule is Cc1c(C(C)Nc2cc(C(=O)NCCO)cc3ncc(N4CCOCC4)nc23)cccc1C(F)(F)F. The van der Waals surface area contributed by atoms with Gasteiger partial charge in [0, 0.05) is 31.2 Å². The maximum atomic E-state index is 13.5. The van der Waals surface area contributed by atoms with Crippen molar-refractivity contribution in [3.8, 4) is 0 Å². The summed E-state index contributed by atoms with van der Waals surface area (Å²) in [4.78, 5) is 24.0. The molecule has 0 radical (unpaired) electrons. The van der Waals surface area contributed by atoms with Crippen LogP contribution in [0.1, 0.15) is 40.0 Å². The molecular formula is C25H28F3N5O3. The summed E-state index contributed by atoms with van der Waals surface area (Å²) in [6, 6.07) is 6.77. The van der Waals surface area contributed by atoms with Crippen LogP contribution >= 0.6 is 0 Å². The molecule has 1 aromatic heterocycles. The summed E-state index contributed by atoms with van der Waals surface area (Å²) in [5.74, 6) is 0.241. The molecule has 1 atom stereocenters. The van der Waals surface area contributed by atoms with Crippen molar-refractivity contribution in [2.24, 2.45) is 0 Å². The van der Waals surface area contributed by atoms with Crippen LogP contribution in [0.2, 0.25) is 0 Å². The van der Waals surface area contributed by atoms with E-state index in [0.717, 1.165) is 6.07 Å². The summed E-state index contributed by atoms with van der Waals surface area (Å²) < 4.78 is 45.8. The largest absolute Gasteiger partial charge is 0.416 e. The number of aliphatic hydroxyl groups excluding tert-OH is 1. The Hall–Kier alpha value is -3.44. The number of aromatic nitrogens is 2. The number of carbonyl (C=O) groups excluding carboxylic acids is 1. The van der Waals surface area contributed by atoms with Gasteiger partial charge in [0.1, 0.15) is 11.3 Å². The predicted octanol–water partition coefficient (Wildman–Crippen LogP) is 3.69. The first-order valence-electron chi connectivity index (χ1n) is 11.6. The highest BCUT2D eigenvalue weighted by Crippen LogP contribution is 2.36. The van der Waals surface area contributed by atoms with E-state index >= 15 is 0 Å². The number of benzene rings is 2. The first-order chi connectivity index (χ1) is 17.2. The number of rotatable bonds is 7. The van der Waals surface area contributed by atoms with Crippen molar-refractivity contribution in [1.82, 2.24) is 15.3 Å². The summed E-state index contributed by atoms with van der Waals surface area (Å²) in [7, 11) is 0. The quantitative estimate of drug-likeness (QED) is 0.452. The van der Waals surface area contributed by atoms with E-state index in [1.54, 1.807) is 31.3 Å². The molecule has 2 aromatic carbocycles. The van der Waals surface area contributed by atoms with Gasteiger partial charge in [-0.05, 0) is 43.2 Å². The molecule has 11 heteroatoms. The Morgan fingerprint density at radius 2 is 2.00 bits per heavy atom. The van der Waals surface area contributed by atoms with Crippen LogP contribution in [0.15, 0.2) is 36.5 Å². The molecule has 1 aliphatic heterocycles.